The van der Waals surface area contributed by atoms with Crippen LogP contribution in [0.1, 0.15) is 27.6 Å². The number of halogens is 1. The summed E-state index contributed by atoms with van der Waals surface area (Å²) in [4.78, 5) is 35.7. The van der Waals surface area contributed by atoms with Gasteiger partial charge in [-0.15, -0.1) is 0 Å². The van der Waals surface area contributed by atoms with Gasteiger partial charge in [-0.05, 0) is 22.9 Å². The average molecular weight is 305 g/mol. The van der Waals surface area contributed by atoms with Gasteiger partial charge in [0.1, 0.15) is 0 Å². The van der Waals surface area contributed by atoms with Crippen LogP contribution in [-0.4, -0.2) is 17.3 Å². The van der Waals surface area contributed by atoms with E-state index >= 15 is 0 Å². The number of Topliss-reactive ketones (excluding diaryl/α,β-unsaturated/α-hetero) is 3. The average Bonchev–Trinajstić information content (AvgIpc) is 2.36. The molecule has 0 saturated carbocycles. The molecule has 0 spiro atoms. The van der Waals surface area contributed by atoms with Gasteiger partial charge < -0.3 is 0 Å². The van der Waals surface area contributed by atoms with E-state index in [1.54, 1.807) is 24.3 Å². The van der Waals surface area contributed by atoms with E-state index in [2.05, 4.69) is 22.5 Å². The molecule has 1 aliphatic rings. The molecule has 0 aliphatic heterocycles. The van der Waals surface area contributed by atoms with Crippen LogP contribution in [0.2, 0.25) is 0 Å². The summed E-state index contributed by atoms with van der Waals surface area (Å²) in [6.07, 6.45) is 0. The molecule has 1 aromatic rings. The minimum absolute atomic E-state index is 0.0507. The van der Waals surface area contributed by atoms with Crippen molar-refractivity contribution in [3.63, 3.8) is 0 Å². The molecular weight excluding hydrogens is 296 g/mol. The first-order valence-corrected chi connectivity index (χ1v) is 6.03. The molecule has 0 aromatic heterocycles. The van der Waals surface area contributed by atoms with Crippen molar-refractivity contribution in [2.75, 3.05) is 0 Å². The number of carbonyl (C=O) groups excluding carboxylic acids is 3. The fourth-order valence-corrected chi connectivity index (χ4v) is 2.42. The lowest BCUT2D eigenvalue weighted by atomic mass is 9.85. The predicted octanol–water partition coefficient (Wildman–Crippen LogP) is 2.86. The van der Waals surface area contributed by atoms with Crippen LogP contribution < -0.4 is 0 Å². The van der Waals surface area contributed by atoms with Crippen molar-refractivity contribution in [1.29, 1.82) is 0 Å². The van der Waals surface area contributed by atoms with Crippen molar-refractivity contribution < 1.29 is 14.4 Å². The largest absolute Gasteiger partial charge is 0.295 e. The molecule has 18 heavy (non-hydrogen) atoms. The van der Waals surface area contributed by atoms with E-state index in [0.29, 0.717) is 11.1 Å². The van der Waals surface area contributed by atoms with E-state index in [0.717, 1.165) is 0 Å². The third-order valence-electron chi connectivity index (χ3n) is 2.79. The van der Waals surface area contributed by atoms with Gasteiger partial charge in [0, 0.05) is 16.7 Å². The Hall–Kier alpha value is -1.81. The highest BCUT2D eigenvalue weighted by atomic mass is 79.9. The maximum absolute atomic E-state index is 12.3. The highest BCUT2D eigenvalue weighted by molar-refractivity contribution is 9.12. The predicted molar refractivity (Wildman–Crippen MR) is 70.9 cm³/mol. The molecule has 0 radical (unpaired) electrons. The summed E-state index contributed by atoms with van der Waals surface area (Å²) in [5, 5.41) is 0. The molecule has 0 unspecified atom stereocenters. The lowest BCUT2D eigenvalue weighted by Crippen LogP contribution is -2.22. The van der Waals surface area contributed by atoms with Gasteiger partial charge >= 0.3 is 0 Å². The fraction of sp³-hybridized carbons (Fsp3) is 0.0714. The second kappa shape index (κ2) is 4.46. The quantitative estimate of drug-likeness (QED) is 0.789. The summed E-state index contributed by atoms with van der Waals surface area (Å²) < 4.78 is 0.103. The highest BCUT2D eigenvalue weighted by Crippen LogP contribution is 2.32. The van der Waals surface area contributed by atoms with Crippen LogP contribution in [0.3, 0.4) is 0 Å². The standard InChI is InChI=1S/C14H9BrO3/c1-7(8(2)16)11-12(15)14(18)10-6-4-3-5-9(10)13(11)17/h3-6H,1H2,2H3. The van der Waals surface area contributed by atoms with Crippen molar-refractivity contribution in [1.82, 2.24) is 0 Å². The summed E-state index contributed by atoms with van der Waals surface area (Å²) in [7, 11) is 0. The Morgan fingerprint density at radius 3 is 2.11 bits per heavy atom. The number of hydrogen-bond acceptors (Lipinski definition) is 3. The van der Waals surface area contributed by atoms with Crippen molar-refractivity contribution in [3.8, 4) is 0 Å². The minimum atomic E-state index is -0.350. The molecular formula is C14H9BrO3. The van der Waals surface area contributed by atoms with Crippen LogP contribution >= 0.6 is 15.9 Å². The van der Waals surface area contributed by atoms with Crippen LogP contribution in [0.4, 0.5) is 0 Å². The van der Waals surface area contributed by atoms with Crippen molar-refractivity contribution in [2.24, 2.45) is 0 Å². The molecule has 4 heteroatoms. The number of ketones is 3. The topological polar surface area (TPSA) is 51.2 Å². The van der Waals surface area contributed by atoms with Crippen LogP contribution in [-0.2, 0) is 4.79 Å². The lowest BCUT2D eigenvalue weighted by Gasteiger charge is -2.18. The lowest BCUT2D eigenvalue weighted by molar-refractivity contribution is -0.113. The molecule has 1 aliphatic carbocycles. The summed E-state index contributed by atoms with van der Waals surface area (Å²) in [6, 6.07) is 6.53. The fourth-order valence-electron chi connectivity index (χ4n) is 1.79. The normalized spacial score (nSPS) is 14.6. The number of hydrogen-bond donors (Lipinski definition) is 0. The van der Waals surface area contributed by atoms with Crippen molar-refractivity contribution in [2.45, 2.75) is 6.92 Å². The zero-order chi connectivity index (χ0) is 13.4. The van der Waals surface area contributed by atoms with Crippen LogP contribution in [0, 0.1) is 0 Å². The van der Waals surface area contributed by atoms with E-state index in [-0.39, 0.29) is 33.0 Å². The third kappa shape index (κ3) is 1.78. The molecule has 0 atom stereocenters. The highest BCUT2D eigenvalue weighted by Gasteiger charge is 2.32. The Labute approximate surface area is 112 Å². The van der Waals surface area contributed by atoms with Crippen LogP contribution in [0.25, 0.3) is 0 Å². The van der Waals surface area contributed by atoms with Crippen molar-refractivity contribution in [3.05, 3.63) is 57.6 Å². The Morgan fingerprint density at radius 1 is 1.11 bits per heavy atom. The first-order chi connectivity index (χ1) is 8.45. The second-order valence-corrected chi connectivity index (χ2v) is 4.72. The van der Waals surface area contributed by atoms with E-state index in [1.165, 1.54) is 6.92 Å². The van der Waals surface area contributed by atoms with Gasteiger partial charge in [-0.25, -0.2) is 0 Å². The molecule has 0 N–H and O–H groups in total. The number of rotatable bonds is 2. The SMILES string of the molecule is C=C(C(C)=O)C1=C(Br)C(=O)c2ccccc2C1=O. The molecule has 0 amide bonds. The Bertz CT molecular complexity index is 638. The zero-order valence-corrected chi connectivity index (χ0v) is 11.2. The van der Waals surface area contributed by atoms with E-state index in [9.17, 15) is 14.4 Å². The molecule has 0 heterocycles. The first kappa shape index (κ1) is 12.6. The van der Waals surface area contributed by atoms with Gasteiger partial charge in [0.25, 0.3) is 0 Å². The second-order valence-electron chi connectivity index (χ2n) is 3.93. The van der Waals surface area contributed by atoms with Gasteiger partial charge in [-0.1, -0.05) is 30.8 Å². The van der Waals surface area contributed by atoms with Crippen LogP contribution in [0.15, 0.2) is 46.5 Å². The van der Waals surface area contributed by atoms with Gasteiger partial charge in [0.2, 0.25) is 5.78 Å². The number of fused-ring (bicyclic) bond motifs is 1. The molecule has 90 valence electrons. The van der Waals surface area contributed by atoms with Gasteiger partial charge in [-0.2, -0.15) is 0 Å². The van der Waals surface area contributed by atoms with E-state index < -0.39 is 0 Å². The summed E-state index contributed by atoms with van der Waals surface area (Å²) >= 11 is 3.10. The third-order valence-corrected chi connectivity index (χ3v) is 3.55. The first-order valence-electron chi connectivity index (χ1n) is 5.23. The van der Waals surface area contributed by atoms with Crippen molar-refractivity contribution >= 4 is 33.3 Å². The zero-order valence-electron chi connectivity index (χ0n) is 9.62. The Balaban J connectivity index is 2.68. The monoisotopic (exact) mass is 304 g/mol. The maximum Gasteiger partial charge on any atom is 0.201 e. The van der Waals surface area contributed by atoms with E-state index in [4.69, 9.17) is 0 Å². The smallest absolute Gasteiger partial charge is 0.201 e. The molecule has 2 rings (SSSR count). The minimum Gasteiger partial charge on any atom is -0.295 e. The maximum atomic E-state index is 12.3. The molecule has 3 nitrogen and oxygen atoms in total. The molecule has 1 aromatic carbocycles. The number of allylic oxidation sites excluding steroid dienone is 3. The van der Waals surface area contributed by atoms with Gasteiger partial charge in [-0.3, -0.25) is 14.4 Å². The number of benzene rings is 1. The summed E-state index contributed by atoms with van der Waals surface area (Å²) in [5.74, 6) is -0.984. The Kier molecular flexibility index (Phi) is 3.13. The summed E-state index contributed by atoms with van der Waals surface area (Å²) in [5.41, 5.74) is 0.763. The summed E-state index contributed by atoms with van der Waals surface area (Å²) in [6.45, 7) is 4.89. The van der Waals surface area contributed by atoms with Gasteiger partial charge in [0.15, 0.2) is 11.6 Å². The number of carbonyl (C=O) groups is 3. The molecule has 0 fully saturated rings. The van der Waals surface area contributed by atoms with E-state index in [1.807, 2.05) is 0 Å². The molecule has 0 saturated heterocycles. The molecule has 0 bridgehead atoms. The van der Waals surface area contributed by atoms with Gasteiger partial charge in [0.05, 0.1) is 10.1 Å². The van der Waals surface area contributed by atoms with Crippen LogP contribution in [0.5, 0.6) is 0 Å². The Morgan fingerprint density at radius 2 is 1.61 bits per heavy atom.